The van der Waals surface area contributed by atoms with E-state index < -0.39 is 0 Å². The molecule has 6 nitrogen and oxygen atoms in total. The van der Waals surface area contributed by atoms with Crippen molar-refractivity contribution >= 4 is 28.2 Å². The lowest BCUT2D eigenvalue weighted by Gasteiger charge is -2.15. The molecule has 0 aliphatic rings. The van der Waals surface area contributed by atoms with E-state index in [-0.39, 0.29) is 5.84 Å². The summed E-state index contributed by atoms with van der Waals surface area (Å²) in [7, 11) is 1.92. The summed E-state index contributed by atoms with van der Waals surface area (Å²) < 4.78 is 4.14. The second-order valence-corrected chi connectivity index (χ2v) is 4.45. The van der Waals surface area contributed by atoms with Crippen LogP contribution in [-0.2, 0) is 0 Å². The number of benzene rings is 1. The first-order valence-corrected chi connectivity index (χ1v) is 6.01. The van der Waals surface area contributed by atoms with Crippen molar-refractivity contribution in [1.82, 2.24) is 9.36 Å². The molecule has 0 aliphatic carbocycles. The van der Waals surface area contributed by atoms with E-state index in [4.69, 9.17) is 10.9 Å². The number of nitrogens with zero attached hydrogens (tertiary/aromatic N) is 4. The Morgan fingerprint density at radius 1 is 1.39 bits per heavy atom. The van der Waals surface area contributed by atoms with Crippen molar-refractivity contribution in [2.24, 2.45) is 10.9 Å². The fourth-order valence-corrected chi connectivity index (χ4v) is 2.10. The fourth-order valence-electron chi connectivity index (χ4n) is 1.45. The van der Waals surface area contributed by atoms with Crippen LogP contribution in [0.15, 0.2) is 29.4 Å². The molecule has 2 aromatic rings. The van der Waals surface area contributed by atoms with Gasteiger partial charge in [-0.15, -0.1) is 0 Å². The van der Waals surface area contributed by atoms with Crippen molar-refractivity contribution in [2.75, 3.05) is 11.9 Å². The lowest BCUT2D eigenvalue weighted by atomic mass is 10.2. The third-order valence-electron chi connectivity index (χ3n) is 2.46. The highest BCUT2D eigenvalue weighted by Crippen LogP contribution is 2.25. The van der Waals surface area contributed by atoms with Gasteiger partial charge < -0.3 is 15.8 Å². The molecule has 0 aliphatic heterocycles. The van der Waals surface area contributed by atoms with Crippen molar-refractivity contribution in [3.8, 4) is 0 Å². The normalized spacial score (nSPS) is 11.6. The highest BCUT2D eigenvalue weighted by atomic mass is 32.1. The number of nitrogens with two attached hydrogens (primary N) is 1. The van der Waals surface area contributed by atoms with E-state index in [0.717, 1.165) is 16.6 Å². The van der Waals surface area contributed by atoms with Gasteiger partial charge in [0.25, 0.3) is 0 Å². The molecule has 2 rings (SSSR count). The molecular weight excluding hydrogens is 250 g/mol. The van der Waals surface area contributed by atoms with Crippen molar-refractivity contribution in [1.29, 1.82) is 0 Å². The van der Waals surface area contributed by atoms with Gasteiger partial charge in [-0.1, -0.05) is 5.16 Å². The molecule has 0 fully saturated rings. The van der Waals surface area contributed by atoms with E-state index >= 15 is 0 Å². The van der Waals surface area contributed by atoms with Gasteiger partial charge in [0.15, 0.2) is 5.84 Å². The summed E-state index contributed by atoms with van der Waals surface area (Å²) in [6.07, 6.45) is 0. The van der Waals surface area contributed by atoms with Crippen LogP contribution in [0.25, 0.3) is 0 Å². The summed E-state index contributed by atoms with van der Waals surface area (Å²) in [6.45, 7) is 1.86. The van der Waals surface area contributed by atoms with Crippen molar-refractivity contribution in [2.45, 2.75) is 6.92 Å². The zero-order valence-electron chi connectivity index (χ0n) is 10.0. The Labute approximate surface area is 109 Å². The summed E-state index contributed by atoms with van der Waals surface area (Å²) in [5.74, 6) is 0.853. The Hall–Kier alpha value is -2.15. The number of aromatic nitrogens is 2. The van der Waals surface area contributed by atoms with Gasteiger partial charge in [0, 0.05) is 29.8 Å². The average Bonchev–Trinajstić information content (AvgIpc) is 2.84. The van der Waals surface area contributed by atoms with Crippen LogP contribution in [0.4, 0.5) is 10.8 Å². The van der Waals surface area contributed by atoms with Crippen LogP contribution in [-0.4, -0.2) is 27.4 Å². The third-order valence-corrected chi connectivity index (χ3v) is 3.35. The molecule has 0 saturated heterocycles. The number of amidine groups is 1. The number of oxime groups is 1. The van der Waals surface area contributed by atoms with Crippen molar-refractivity contribution in [3.63, 3.8) is 0 Å². The maximum atomic E-state index is 8.58. The van der Waals surface area contributed by atoms with Crippen LogP contribution in [0.2, 0.25) is 0 Å². The van der Waals surface area contributed by atoms with Crippen LogP contribution in [0.1, 0.15) is 11.4 Å². The first-order chi connectivity index (χ1) is 8.61. The highest BCUT2D eigenvalue weighted by Gasteiger charge is 2.09. The van der Waals surface area contributed by atoms with E-state index in [9.17, 15) is 0 Å². The van der Waals surface area contributed by atoms with E-state index in [2.05, 4.69) is 14.5 Å². The molecule has 18 heavy (non-hydrogen) atoms. The molecule has 0 radical (unpaired) electrons. The van der Waals surface area contributed by atoms with Gasteiger partial charge in [0.05, 0.1) is 0 Å². The molecule has 1 aromatic carbocycles. The Morgan fingerprint density at radius 2 is 2.06 bits per heavy atom. The van der Waals surface area contributed by atoms with Crippen LogP contribution in [0.3, 0.4) is 0 Å². The average molecular weight is 263 g/mol. The standard InChI is InChI=1S/C11H13N5OS/c1-7-13-11(18-15-7)16(2)9-5-3-8(4-6-9)10(12)14-17/h3-6,17H,1-2H3,(H2,12,14). The molecule has 1 aromatic heterocycles. The molecule has 0 bridgehead atoms. The van der Waals surface area contributed by atoms with Gasteiger partial charge in [-0.3, -0.25) is 0 Å². The second-order valence-electron chi connectivity index (χ2n) is 3.72. The fraction of sp³-hybridized carbons (Fsp3) is 0.182. The number of hydrogen-bond donors (Lipinski definition) is 2. The Bertz CT molecular complexity index is 563. The molecule has 1 heterocycles. The summed E-state index contributed by atoms with van der Waals surface area (Å²) in [6, 6.07) is 7.33. The number of aryl methyl sites for hydroxylation is 1. The maximum absolute atomic E-state index is 8.58. The smallest absolute Gasteiger partial charge is 0.209 e. The largest absolute Gasteiger partial charge is 0.409 e. The van der Waals surface area contributed by atoms with E-state index in [1.165, 1.54) is 11.5 Å². The lowest BCUT2D eigenvalue weighted by molar-refractivity contribution is 0.318. The van der Waals surface area contributed by atoms with Gasteiger partial charge in [0.1, 0.15) is 5.82 Å². The molecular formula is C11H13N5OS. The molecule has 7 heteroatoms. The quantitative estimate of drug-likeness (QED) is 0.381. The van der Waals surface area contributed by atoms with E-state index in [1.54, 1.807) is 12.1 Å². The van der Waals surface area contributed by atoms with Crippen LogP contribution >= 0.6 is 11.5 Å². The van der Waals surface area contributed by atoms with Gasteiger partial charge in [-0.05, 0) is 31.2 Å². The Balaban J connectivity index is 2.24. The topological polar surface area (TPSA) is 87.6 Å². The van der Waals surface area contributed by atoms with E-state index in [0.29, 0.717) is 5.56 Å². The third kappa shape index (κ3) is 2.40. The van der Waals surface area contributed by atoms with Gasteiger partial charge in [0.2, 0.25) is 5.13 Å². The Kier molecular flexibility index (Phi) is 3.42. The minimum Gasteiger partial charge on any atom is -0.409 e. The van der Waals surface area contributed by atoms with E-state index in [1.807, 2.05) is 31.0 Å². The zero-order valence-corrected chi connectivity index (χ0v) is 10.8. The minimum absolute atomic E-state index is 0.0935. The van der Waals surface area contributed by atoms with Crippen molar-refractivity contribution in [3.05, 3.63) is 35.7 Å². The minimum atomic E-state index is 0.0935. The number of anilines is 2. The van der Waals surface area contributed by atoms with Crippen molar-refractivity contribution < 1.29 is 5.21 Å². The molecule has 0 saturated carbocycles. The number of hydrogen-bond acceptors (Lipinski definition) is 6. The van der Waals surface area contributed by atoms with Gasteiger partial charge in [-0.25, -0.2) is 4.98 Å². The predicted molar refractivity (Wildman–Crippen MR) is 71.7 cm³/mol. The summed E-state index contributed by atoms with van der Waals surface area (Å²) in [5.41, 5.74) is 7.13. The molecule has 0 unspecified atom stereocenters. The summed E-state index contributed by atoms with van der Waals surface area (Å²) >= 11 is 1.34. The molecule has 3 N–H and O–H groups in total. The number of rotatable bonds is 3. The van der Waals surface area contributed by atoms with Crippen LogP contribution in [0, 0.1) is 6.92 Å². The lowest BCUT2D eigenvalue weighted by Crippen LogP contribution is -2.14. The molecule has 0 spiro atoms. The predicted octanol–water partition coefficient (Wildman–Crippen LogP) is 1.71. The molecule has 94 valence electrons. The van der Waals surface area contributed by atoms with Crippen LogP contribution in [0.5, 0.6) is 0 Å². The second kappa shape index (κ2) is 5.01. The summed E-state index contributed by atoms with van der Waals surface area (Å²) in [4.78, 5) is 6.24. The molecule has 0 amide bonds. The van der Waals surface area contributed by atoms with Gasteiger partial charge in [-0.2, -0.15) is 4.37 Å². The first-order valence-electron chi connectivity index (χ1n) is 5.24. The summed E-state index contributed by atoms with van der Waals surface area (Å²) in [5, 5.41) is 12.4. The SMILES string of the molecule is Cc1nsc(N(C)c2ccc(C(N)=NO)cc2)n1. The zero-order chi connectivity index (χ0) is 13.1. The maximum Gasteiger partial charge on any atom is 0.209 e. The highest BCUT2D eigenvalue weighted by molar-refractivity contribution is 7.09. The molecule has 0 atom stereocenters. The monoisotopic (exact) mass is 263 g/mol. The van der Waals surface area contributed by atoms with Gasteiger partial charge >= 0.3 is 0 Å². The van der Waals surface area contributed by atoms with Crippen LogP contribution < -0.4 is 10.6 Å². The Morgan fingerprint density at radius 3 is 2.56 bits per heavy atom. The first kappa shape index (κ1) is 12.3.